The summed E-state index contributed by atoms with van der Waals surface area (Å²) in [4.78, 5) is 5.15. The lowest BCUT2D eigenvalue weighted by molar-refractivity contribution is 0.714. The third-order valence-corrected chi connectivity index (χ3v) is 6.54. The van der Waals surface area contributed by atoms with Crippen LogP contribution in [0.1, 0.15) is 48.6 Å². The van der Waals surface area contributed by atoms with Crippen LogP contribution >= 0.6 is 0 Å². The van der Waals surface area contributed by atoms with Crippen molar-refractivity contribution < 1.29 is 0 Å². The van der Waals surface area contributed by atoms with Crippen molar-refractivity contribution in [2.75, 3.05) is 0 Å². The number of aryl methyl sites for hydroxylation is 3. The Morgan fingerprint density at radius 3 is 2.40 bits per heavy atom. The van der Waals surface area contributed by atoms with Crippen LogP contribution in [0.4, 0.5) is 0 Å². The van der Waals surface area contributed by atoms with Gasteiger partial charge in [0.05, 0.1) is 11.2 Å². The summed E-state index contributed by atoms with van der Waals surface area (Å²) < 4.78 is 2.33. The molecule has 2 heteroatoms. The molecule has 1 unspecified atom stereocenters. The fourth-order valence-corrected chi connectivity index (χ4v) is 4.80. The molecule has 0 aliphatic carbocycles. The summed E-state index contributed by atoms with van der Waals surface area (Å²) >= 11 is 0. The Labute approximate surface area is 178 Å². The first kappa shape index (κ1) is 18.9. The second-order valence-corrected chi connectivity index (χ2v) is 8.69. The predicted molar refractivity (Wildman–Crippen MR) is 129 cm³/mol. The number of rotatable bonds is 3. The van der Waals surface area contributed by atoms with Gasteiger partial charge in [0.2, 0.25) is 0 Å². The summed E-state index contributed by atoms with van der Waals surface area (Å²) in [5.74, 6) is 0.445. The SMILES string of the molecule is CCC(C)c1cn2c(n1)c1cccc(-c3ccccc3C)c1c1cc(C)cc(C)c12. The second-order valence-electron chi connectivity index (χ2n) is 8.69. The summed E-state index contributed by atoms with van der Waals surface area (Å²) in [7, 11) is 0. The van der Waals surface area contributed by atoms with E-state index >= 15 is 0 Å². The number of imidazole rings is 1. The molecule has 3 aromatic carbocycles. The lowest BCUT2D eigenvalue weighted by Gasteiger charge is -2.16. The molecule has 0 amide bonds. The van der Waals surface area contributed by atoms with Gasteiger partial charge in [0.25, 0.3) is 0 Å². The predicted octanol–water partition coefficient (Wildman–Crippen LogP) is 7.75. The minimum Gasteiger partial charge on any atom is -0.299 e. The Morgan fingerprint density at radius 2 is 1.63 bits per heavy atom. The van der Waals surface area contributed by atoms with Gasteiger partial charge >= 0.3 is 0 Å². The molecule has 0 radical (unpaired) electrons. The normalized spacial score (nSPS) is 12.8. The number of pyridine rings is 1. The van der Waals surface area contributed by atoms with Crippen LogP contribution in [-0.4, -0.2) is 9.38 Å². The summed E-state index contributed by atoms with van der Waals surface area (Å²) in [6.07, 6.45) is 3.35. The second kappa shape index (κ2) is 6.98. The molecule has 0 N–H and O–H groups in total. The smallest absolute Gasteiger partial charge is 0.145 e. The molecule has 30 heavy (non-hydrogen) atoms. The van der Waals surface area contributed by atoms with E-state index in [-0.39, 0.29) is 0 Å². The fraction of sp³-hybridized carbons (Fsp3) is 0.250. The van der Waals surface area contributed by atoms with E-state index in [0.717, 1.165) is 12.1 Å². The van der Waals surface area contributed by atoms with E-state index in [1.807, 2.05) is 0 Å². The standard InChI is InChI=1S/C28H28N2/c1-6-18(3)25-16-30-27-20(5)14-17(2)15-24(27)26-22(21-11-8-7-10-19(21)4)12-9-13-23(26)28(30)29-25/h7-16,18H,6H2,1-5H3. The van der Waals surface area contributed by atoms with Gasteiger partial charge in [0.1, 0.15) is 5.65 Å². The van der Waals surface area contributed by atoms with Gasteiger partial charge in [0, 0.05) is 22.4 Å². The number of nitrogens with zero attached hydrogens (tertiary/aromatic N) is 2. The van der Waals surface area contributed by atoms with Crippen LogP contribution in [-0.2, 0) is 0 Å². The van der Waals surface area contributed by atoms with E-state index in [4.69, 9.17) is 4.98 Å². The zero-order valence-electron chi connectivity index (χ0n) is 18.5. The lowest BCUT2D eigenvalue weighted by Crippen LogP contribution is -1.96. The van der Waals surface area contributed by atoms with Crippen LogP contribution in [0.5, 0.6) is 0 Å². The Morgan fingerprint density at radius 1 is 0.867 bits per heavy atom. The molecule has 0 bridgehead atoms. The van der Waals surface area contributed by atoms with Crippen LogP contribution in [0.2, 0.25) is 0 Å². The lowest BCUT2D eigenvalue weighted by atomic mass is 9.92. The topological polar surface area (TPSA) is 17.3 Å². The van der Waals surface area contributed by atoms with Crippen molar-refractivity contribution in [3.63, 3.8) is 0 Å². The van der Waals surface area contributed by atoms with Crippen molar-refractivity contribution in [3.8, 4) is 11.1 Å². The molecule has 5 aromatic rings. The molecule has 0 saturated heterocycles. The van der Waals surface area contributed by atoms with Gasteiger partial charge in [-0.05, 0) is 61.4 Å². The van der Waals surface area contributed by atoms with Crippen LogP contribution in [0.25, 0.3) is 38.4 Å². The highest BCUT2D eigenvalue weighted by molar-refractivity contribution is 6.18. The summed E-state index contributed by atoms with van der Waals surface area (Å²) in [6.45, 7) is 11.1. The van der Waals surface area contributed by atoms with E-state index in [9.17, 15) is 0 Å². The molecule has 2 nitrogen and oxygen atoms in total. The van der Waals surface area contributed by atoms with Gasteiger partial charge in [0.15, 0.2) is 0 Å². The van der Waals surface area contributed by atoms with Gasteiger partial charge in [-0.3, -0.25) is 4.40 Å². The first-order valence-corrected chi connectivity index (χ1v) is 10.9. The first-order valence-electron chi connectivity index (χ1n) is 10.9. The maximum absolute atomic E-state index is 5.15. The Kier molecular flexibility index (Phi) is 4.39. The first-order chi connectivity index (χ1) is 14.5. The van der Waals surface area contributed by atoms with Gasteiger partial charge < -0.3 is 0 Å². The van der Waals surface area contributed by atoms with Gasteiger partial charge in [-0.25, -0.2) is 4.98 Å². The molecule has 2 heterocycles. The molecule has 0 aliphatic rings. The molecule has 5 rings (SSSR count). The van der Waals surface area contributed by atoms with Crippen LogP contribution in [0.3, 0.4) is 0 Å². The van der Waals surface area contributed by atoms with Crippen molar-refractivity contribution in [1.29, 1.82) is 0 Å². The van der Waals surface area contributed by atoms with Crippen LogP contribution < -0.4 is 0 Å². The Balaban J connectivity index is 2.04. The zero-order valence-corrected chi connectivity index (χ0v) is 18.5. The molecule has 1 atom stereocenters. The van der Waals surface area contributed by atoms with Crippen molar-refractivity contribution in [1.82, 2.24) is 9.38 Å². The van der Waals surface area contributed by atoms with Gasteiger partial charge in [-0.1, -0.05) is 67.9 Å². The maximum Gasteiger partial charge on any atom is 0.145 e. The fourth-order valence-electron chi connectivity index (χ4n) is 4.80. The molecule has 150 valence electrons. The van der Waals surface area contributed by atoms with Crippen LogP contribution in [0, 0.1) is 20.8 Å². The minimum absolute atomic E-state index is 0.445. The third-order valence-electron chi connectivity index (χ3n) is 6.54. The molecular weight excluding hydrogens is 364 g/mol. The highest BCUT2D eigenvalue weighted by Gasteiger charge is 2.18. The van der Waals surface area contributed by atoms with Crippen molar-refractivity contribution in [2.45, 2.75) is 47.0 Å². The van der Waals surface area contributed by atoms with E-state index < -0.39 is 0 Å². The minimum atomic E-state index is 0.445. The Hall–Kier alpha value is -3.13. The zero-order chi connectivity index (χ0) is 21.0. The molecule has 2 aromatic heterocycles. The molecule has 0 aliphatic heterocycles. The van der Waals surface area contributed by atoms with Gasteiger partial charge in [-0.15, -0.1) is 0 Å². The maximum atomic E-state index is 5.15. The Bertz CT molecular complexity index is 1420. The number of fused-ring (bicyclic) bond motifs is 6. The average molecular weight is 393 g/mol. The van der Waals surface area contributed by atoms with Crippen LogP contribution in [0.15, 0.2) is 60.8 Å². The van der Waals surface area contributed by atoms with Crippen molar-refractivity contribution in [2.24, 2.45) is 0 Å². The summed E-state index contributed by atoms with van der Waals surface area (Å²) in [5, 5.41) is 3.84. The third kappa shape index (κ3) is 2.74. The average Bonchev–Trinajstić information content (AvgIpc) is 3.18. The molecular formula is C28H28N2. The molecule has 0 spiro atoms. The summed E-state index contributed by atoms with van der Waals surface area (Å²) in [5.41, 5.74) is 9.98. The highest BCUT2D eigenvalue weighted by atomic mass is 15.0. The molecule has 0 fully saturated rings. The number of benzene rings is 3. The number of hydrogen-bond donors (Lipinski definition) is 0. The van der Waals surface area contributed by atoms with E-state index in [1.54, 1.807) is 0 Å². The summed E-state index contributed by atoms with van der Waals surface area (Å²) in [6, 6.07) is 20.0. The monoisotopic (exact) mass is 392 g/mol. The number of hydrogen-bond acceptors (Lipinski definition) is 1. The van der Waals surface area contributed by atoms with E-state index in [1.165, 1.54) is 55.2 Å². The quantitative estimate of drug-likeness (QED) is 0.287. The van der Waals surface area contributed by atoms with E-state index in [2.05, 4.69) is 99.8 Å². The number of aromatic nitrogens is 2. The van der Waals surface area contributed by atoms with E-state index in [0.29, 0.717) is 5.92 Å². The van der Waals surface area contributed by atoms with Crippen molar-refractivity contribution >= 4 is 27.3 Å². The highest BCUT2D eigenvalue weighted by Crippen LogP contribution is 2.39. The largest absolute Gasteiger partial charge is 0.299 e. The molecule has 0 saturated carbocycles. The van der Waals surface area contributed by atoms with Crippen molar-refractivity contribution in [3.05, 3.63) is 83.2 Å². The van der Waals surface area contributed by atoms with Gasteiger partial charge in [-0.2, -0.15) is 0 Å².